The highest BCUT2D eigenvalue weighted by molar-refractivity contribution is 9.10. The third-order valence-corrected chi connectivity index (χ3v) is 3.94. The molecule has 0 bridgehead atoms. The number of esters is 1. The maximum atomic E-state index is 11.8. The first-order valence-electron chi connectivity index (χ1n) is 5.63. The minimum absolute atomic E-state index is 0.193. The second-order valence-corrected chi connectivity index (χ2v) is 4.92. The van der Waals surface area contributed by atoms with Crippen molar-refractivity contribution in [3.63, 3.8) is 0 Å². The van der Waals surface area contributed by atoms with Gasteiger partial charge in [-0.2, -0.15) is 0 Å². The summed E-state index contributed by atoms with van der Waals surface area (Å²) in [6, 6.07) is 1.90. The molecule has 0 unspecified atom stereocenters. The Balaban J connectivity index is 2.51. The molecule has 0 amide bonds. The van der Waals surface area contributed by atoms with Crippen molar-refractivity contribution in [2.45, 2.75) is 33.1 Å². The molecule has 0 saturated carbocycles. The Bertz CT molecular complexity index is 438. The van der Waals surface area contributed by atoms with Crippen molar-refractivity contribution in [2.24, 2.45) is 0 Å². The molecule has 0 aliphatic heterocycles. The number of hydrogen-bond acceptors (Lipinski definition) is 2. The molecule has 1 aromatic rings. The van der Waals surface area contributed by atoms with Crippen LogP contribution in [0.4, 0.5) is 0 Å². The van der Waals surface area contributed by atoms with Crippen molar-refractivity contribution in [1.29, 1.82) is 0 Å². The van der Waals surface area contributed by atoms with Crippen LogP contribution in [-0.4, -0.2) is 12.6 Å². The van der Waals surface area contributed by atoms with E-state index in [2.05, 4.69) is 22.9 Å². The summed E-state index contributed by atoms with van der Waals surface area (Å²) in [6.07, 6.45) is 3.21. The number of rotatable bonds is 2. The largest absolute Gasteiger partial charge is 0.462 e. The first-order valence-corrected chi connectivity index (χ1v) is 6.42. The quantitative estimate of drug-likeness (QED) is 0.777. The topological polar surface area (TPSA) is 26.3 Å². The summed E-state index contributed by atoms with van der Waals surface area (Å²) in [4.78, 5) is 11.8. The minimum Gasteiger partial charge on any atom is -0.462 e. The molecule has 1 aliphatic carbocycles. The van der Waals surface area contributed by atoms with Gasteiger partial charge in [0.2, 0.25) is 0 Å². The maximum Gasteiger partial charge on any atom is 0.338 e. The van der Waals surface area contributed by atoms with Gasteiger partial charge in [-0.1, -0.05) is 15.9 Å². The first-order chi connectivity index (χ1) is 7.65. The number of carbonyl (C=O) groups is 1. The molecule has 1 aromatic carbocycles. The summed E-state index contributed by atoms with van der Waals surface area (Å²) in [7, 11) is 0. The number of fused-ring (bicyclic) bond motifs is 1. The number of halogens is 1. The van der Waals surface area contributed by atoms with E-state index in [4.69, 9.17) is 4.74 Å². The zero-order chi connectivity index (χ0) is 11.7. The molecule has 1 aliphatic rings. The molecule has 0 aromatic heterocycles. The predicted octanol–water partition coefficient (Wildman–Crippen LogP) is 3.42. The number of benzene rings is 1. The Kier molecular flexibility index (Phi) is 3.33. The van der Waals surface area contributed by atoms with Crippen molar-refractivity contribution in [3.8, 4) is 0 Å². The van der Waals surface area contributed by atoms with Crippen molar-refractivity contribution in [1.82, 2.24) is 0 Å². The minimum atomic E-state index is -0.193. The van der Waals surface area contributed by atoms with Gasteiger partial charge in [-0.15, -0.1) is 0 Å². The van der Waals surface area contributed by atoms with Crippen LogP contribution in [0.15, 0.2) is 10.5 Å². The summed E-state index contributed by atoms with van der Waals surface area (Å²) in [5.41, 5.74) is 4.53. The summed E-state index contributed by atoms with van der Waals surface area (Å²) < 4.78 is 6.10. The van der Waals surface area contributed by atoms with Gasteiger partial charge >= 0.3 is 5.97 Å². The molecule has 2 nitrogen and oxygen atoms in total. The molecular formula is C13H15BrO2. The van der Waals surface area contributed by atoms with Crippen LogP contribution in [0.5, 0.6) is 0 Å². The lowest BCUT2D eigenvalue weighted by atomic mass is 9.99. The predicted molar refractivity (Wildman–Crippen MR) is 66.9 cm³/mol. The average molecular weight is 283 g/mol. The zero-order valence-corrected chi connectivity index (χ0v) is 11.2. The van der Waals surface area contributed by atoms with E-state index in [1.54, 1.807) is 0 Å². The molecule has 0 atom stereocenters. The second-order valence-electron chi connectivity index (χ2n) is 4.06. The fourth-order valence-electron chi connectivity index (χ4n) is 2.31. The number of carbonyl (C=O) groups excluding carboxylic acids is 1. The lowest BCUT2D eigenvalue weighted by Gasteiger charge is -2.12. The number of hydrogen-bond donors (Lipinski definition) is 0. The van der Waals surface area contributed by atoms with Crippen LogP contribution in [0.3, 0.4) is 0 Å². The van der Waals surface area contributed by atoms with Gasteiger partial charge in [0.05, 0.1) is 12.2 Å². The molecule has 0 spiro atoms. The molecular weight excluding hydrogens is 268 g/mol. The Labute approximate surface area is 104 Å². The van der Waals surface area contributed by atoms with E-state index in [0.717, 1.165) is 29.3 Å². The molecule has 16 heavy (non-hydrogen) atoms. The first kappa shape index (κ1) is 11.6. The Morgan fingerprint density at radius 2 is 2.12 bits per heavy atom. The Morgan fingerprint density at radius 1 is 1.44 bits per heavy atom. The van der Waals surface area contributed by atoms with Gasteiger partial charge < -0.3 is 4.74 Å². The third-order valence-electron chi connectivity index (χ3n) is 3.12. The van der Waals surface area contributed by atoms with Crippen LogP contribution in [0.25, 0.3) is 0 Å². The van der Waals surface area contributed by atoms with E-state index >= 15 is 0 Å². The van der Waals surface area contributed by atoms with Crippen LogP contribution in [0, 0.1) is 6.92 Å². The summed E-state index contributed by atoms with van der Waals surface area (Å²) >= 11 is 3.51. The van der Waals surface area contributed by atoms with Gasteiger partial charge in [0.25, 0.3) is 0 Å². The smallest absolute Gasteiger partial charge is 0.338 e. The maximum absolute atomic E-state index is 11.8. The third kappa shape index (κ3) is 1.88. The van der Waals surface area contributed by atoms with Gasteiger partial charge in [0.1, 0.15) is 0 Å². The van der Waals surface area contributed by atoms with Gasteiger partial charge in [-0.3, -0.25) is 0 Å². The van der Waals surface area contributed by atoms with E-state index in [-0.39, 0.29) is 5.97 Å². The van der Waals surface area contributed by atoms with Gasteiger partial charge in [0, 0.05) is 4.47 Å². The summed E-state index contributed by atoms with van der Waals surface area (Å²) in [5.74, 6) is -0.193. The van der Waals surface area contributed by atoms with Crippen molar-refractivity contribution in [2.75, 3.05) is 6.61 Å². The normalized spacial score (nSPS) is 13.7. The highest BCUT2D eigenvalue weighted by atomic mass is 79.9. The van der Waals surface area contributed by atoms with E-state index < -0.39 is 0 Å². The van der Waals surface area contributed by atoms with Crippen molar-refractivity contribution >= 4 is 21.9 Å². The van der Waals surface area contributed by atoms with Crippen LogP contribution in [0.1, 0.15) is 40.4 Å². The highest BCUT2D eigenvalue weighted by Crippen LogP contribution is 2.33. The molecule has 3 heteroatoms. The van der Waals surface area contributed by atoms with E-state index in [1.807, 2.05) is 13.0 Å². The molecule has 2 rings (SSSR count). The molecule has 0 radical (unpaired) electrons. The fourth-order valence-corrected chi connectivity index (χ4v) is 2.78. The van der Waals surface area contributed by atoms with Crippen LogP contribution >= 0.6 is 15.9 Å². The van der Waals surface area contributed by atoms with Gasteiger partial charge in [-0.05, 0) is 55.9 Å². The molecule has 86 valence electrons. The molecule has 0 saturated heterocycles. The van der Waals surface area contributed by atoms with Crippen molar-refractivity contribution < 1.29 is 9.53 Å². The van der Waals surface area contributed by atoms with Crippen molar-refractivity contribution in [3.05, 3.63) is 32.8 Å². The van der Waals surface area contributed by atoms with E-state index in [9.17, 15) is 4.79 Å². The van der Waals surface area contributed by atoms with Crippen LogP contribution in [0.2, 0.25) is 0 Å². The lowest BCUT2D eigenvalue weighted by molar-refractivity contribution is 0.0525. The van der Waals surface area contributed by atoms with Crippen LogP contribution < -0.4 is 0 Å². The molecule has 0 fully saturated rings. The molecule has 0 N–H and O–H groups in total. The van der Waals surface area contributed by atoms with Gasteiger partial charge in [0.15, 0.2) is 0 Å². The fraction of sp³-hybridized carbons (Fsp3) is 0.462. The standard InChI is InChI=1S/C13H15BrO2/c1-3-16-13(15)11-7-12(14)8(2)9-5-4-6-10(9)11/h7H,3-6H2,1-2H3. The molecule has 0 heterocycles. The average Bonchev–Trinajstić information content (AvgIpc) is 2.72. The zero-order valence-electron chi connectivity index (χ0n) is 9.60. The lowest BCUT2D eigenvalue weighted by Crippen LogP contribution is -2.09. The highest BCUT2D eigenvalue weighted by Gasteiger charge is 2.23. The summed E-state index contributed by atoms with van der Waals surface area (Å²) in [5, 5.41) is 0. The SMILES string of the molecule is CCOC(=O)c1cc(Br)c(C)c2c1CCC2. The monoisotopic (exact) mass is 282 g/mol. The second kappa shape index (κ2) is 4.58. The summed E-state index contributed by atoms with van der Waals surface area (Å²) in [6.45, 7) is 4.36. The Hall–Kier alpha value is -0.830. The van der Waals surface area contributed by atoms with Crippen LogP contribution in [-0.2, 0) is 17.6 Å². The Morgan fingerprint density at radius 3 is 2.81 bits per heavy atom. The van der Waals surface area contributed by atoms with Gasteiger partial charge in [-0.25, -0.2) is 4.79 Å². The number of ether oxygens (including phenoxy) is 1. The van der Waals surface area contributed by atoms with E-state index in [0.29, 0.717) is 6.61 Å². The van der Waals surface area contributed by atoms with E-state index in [1.165, 1.54) is 16.7 Å².